The summed E-state index contributed by atoms with van der Waals surface area (Å²) < 4.78 is 5.71. The molecule has 6 heteroatoms. The molecule has 1 saturated carbocycles. The van der Waals surface area contributed by atoms with Gasteiger partial charge in [-0.2, -0.15) is 0 Å². The second-order valence-corrected chi connectivity index (χ2v) is 9.86. The number of nitrogens with zero attached hydrogens (tertiary/aromatic N) is 2. The molecule has 1 N–H and O–H groups in total. The monoisotopic (exact) mass is 421 g/mol. The second-order valence-electron chi connectivity index (χ2n) is 8.97. The molecule has 2 heterocycles. The summed E-state index contributed by atoms with van der Waals surface area (Å²) in [6, 6.07) is 1.16. The molecule has 1 aromatic rings. The van der Waals surface area contributed by atoms with Crippen molar-refractivity contribution in [2.24, 2.45) is 11.8 Å². The van der Waals surface area contributed by atoms with Gasteiger partial charge in [0.25, 0.3) is 0 Å². The predicted octanol–water partition coefficient (Wildman–Crippen LogP) is 4.92. The number of carbonyl (C=O) groups is 1. The molecule has 0 bridgehead atoms. The number of hydrogen-bond acceptors (Lipinski definition) is 5. The Morgan fingerprint density at radius 1 is 1.34 bits per heavy atom. The molecule has 164 valence electrons. The zero-order valence-electron chi connectivity index (χ0n) is 18.8. The molecule has 0 spiro atoms. The van der Waals surface area contributed by atoms with Crippen LogP contribution in [-0.4, -0.2) is 40.5 Å². The van der Waals surface area contributed by atoms with Gasteiger partial charge in [0.15, 0.2) is 0 Å². The number of amides is 1. The van der Waals surface area contributed by atoms with Crippen LogP contribution >= 0.6 is 11.3 Å². The number of rotatable bonds is 8. The van der Waals surface area contributed by atoms with E-state index in [9.17, 15) is 4.79 Å². The minimum Gasteiger partial charge on any atom is -0.372 e. The van der Waals surface area contributed by atoms with Crippen LogP contribution in [0.1, 0.15) is 89.9 Å². The molecule has 29 heavy (non-hydrogen) atoms. The maximum absolute atomic E-state index is 13.0. The number of fused-ring (bicyclic) bond motifs is 1. The van der Waals surface area contributed by atoms with Crippen molar-refractivity contribution >= 4 is 17.2 Å². The van der Waals surface area contributed by atoms with Gasteiger partial charge in [0, 0.05) is 42.6 Å². The molecule has 3 rings (SSSR count). The fourth-order valence-electron chi connectivity index (χ4n) is 5.14. The first-order valence-electron chi connectivity index (χ1n) is 11.6. The lowest BCUT2D eigenvalue weighted by Crippen LogP contribution is -2.57. The van der Waals surface area contributed by atoms with E-state index in [0.29, 0.717) is 24.6 Å². The standard InChI is InChI=1S/C23H39N3O2S/c1-6-15(3)24-22(27)20-12-16(4)26(21-11-9-8-10-19(20)21)13-18-14-29-23(25-18)17(5)28-7-2/h14-17,19-21H,6-13H2,1-5H3,(H,24,27)/t15-,16-,17-,19-,20+,21+/m1/s1. The van der Waals surface area contributed by atoms with E-state index < -0.39 is 0 Å². The third-order valence-electron chi connectivity index (χ3n) is 6.90. The van der Waals surface area contributed by atoms with Crippen LogP contribution < -0.4 is 5.32 Å². The maximum atomic E-state index is 13.0. The van der Waals surface area contributed by atoms with Crippen molar-refractivity contribution in [2.45, 2.75) is 104 Å². The Morgan fingerprint density at radius 3 is 2.83 bits per heavy atom. The second kappa shape index (κ2) is 10.4. The van der Waals surface area contributed by atoms with Crippen LogP contribution in [-0.2, 0) is 16.1 Å². The average molecular weight is 422 g/mol. The van der Waals surface area contributed by atoms with E-state index >= 15 is 0 Å². The largest absolute Gasteiger partial charge is 0.372 e. The SMILES string of the molecule is CCO[C@H](C)c1nc(CN2[C@H](C)C[C@H](C(=O)N[C@H](C)CC)[C@H]3CCCC[C@@H]32)cs1. The van der Waals surface area contributed by atoms with Gasteiger partial charge in [0.05, 0.1) is 5.69 Å². The summed E-state index contributed by atoms with van der Waals surface area (Å²) >= 11 is 1.70. The molecular formula is C23H39N3O2S. The van der Waals surface area contributed by atoms with E-state index in [1.165, 1.54) is 25.7 Å². The smallest absolute Gasteiger partial charge is 0.223 e. The third-order valence-corrected chi connectivity index (χ3v) is 7.96. The van der Waals surface area contributed by atoms with Crippen LogP contribution in [0.4, 0.5) is 0 Å². The quantitative estimate of drug-likeness (QED) is 0.647. The van der Waals surface area contributed by atoms with Crippen molar-refractivity contribution in [3.05, 3.63) is 16.1 Å². The zero-order valence-corrected chi connectivity index (χ0v) is 19.6. The molecule has 1 saturated heterocycles. The summed E-state index contributed by atoms with van der Waals surface area (Å²) in [5, 5.41) is 6.52. The Balaban J connectivity index is 1.71. The Labute approximate surface area is 180 Å². The van der Waals surface area contributed by atoms with Crippen LogP contribution in [0, 0.1) is 11.8 Å². The summed E-state index contributed by atoms with van der Waals surface area (Å²) in [6.07, 6.45) is 6.91. The first-order chi connectivity index (χ1) is 13.9. The number of hydrogen-bond donors (Lipinski definition) is 1. The van der Waals surface area contributed by atoms with Crippen molar-refractivity contribution in [3.63, 3.8) is 0 Å². The normalized spacial score (nSPS) is 29.8. The van der Waals surface area contributed by atoms with E-state index in [1.54, 1.807) is 11.3 Å². The minimum atomic E-state index is 0.0635. The Kier molecular flexibility index (Phi) is 8.11. The van der Waals surface area contributed by atoms with Gasteiger partial charge in [0.2, 0.25) is 5.91 Å². The van der Waals surface area contributed by atoms with E-state index in [0.717, 1.165) is 30.1 Å². The lowest BCUT2D eigenvalue weighted by atomic mass is 9.69. The number of piperidine rings is 1. The number of thiazole rings is 1. The topological polar surface area (TPSA) is 54.5 Å². The molecule has 5 nitrogen and oxygen atoms in total. The Morgan fingerprint density at radius 2 is 2.10 bits per heavy atom. The number of nitrogens with one attached hydrogen (secondary N) is 1. The predicted molar refractivity (Wildman–Crippen MR) is 119 cm³/mol. The fourth-order valence-corrected chi connectivity index (χ4v) is 5.96. The van der Waals surface area contributed by atoms with E-state index in [1.807, 2.05) is 6.92 Å². The van der Waals surface area contributed by atoms with Crippen molar-refractivity contribution in [1.29, 1.82) is 0 Å². The van der Waals surface area contributed by atoms with E-state index in [-0.39, 0.29) is 24.0 Å². The van der Waals surface area contributed by atoms with E-state index in [2.05, 4.69) is 43.3 Å². The van der Waals surface area contributed by atoms with Crippen molar-refractivity contribution in [1.82, 2.24) is 15.2 Å². The maximum Gasteiger partial charge on any atom is 0.223 e. The van der Waals surface area contributed by atoms with Gasteiger partial charge in [-0.1, -0.05) is 19.8 Å². The highest BCUT2D eigenvalue weighted by Crippen LogP contribution is 2.42. The molecule has 1 aliphatic carbocycles. The fraction of sp³-hybridized carbons (Fsp3) is 0.826. The molecule has 2 fully saturated rings. The van der Waals surface area contributed by atoms with Gasteiger partial charge in [0.1, 0.15) is 11.1 Å². The Bertz CT molecular complexity index is 664. The summed E-state index contributed by atoms with van der Waals surface area (Å²) in [4.78, 5) is 20.5. The zero-order chi connectivity index (χ0) is 21.0. The highest BCUT2D eigenvalue weighted by molar-refractivity contribution is 7.09. The Hall–Kier alpha value is -0.980. The van der Waals surface area contributed by atoms with Crippen molar-refractivity contribution < 1.29 is 9.53 Å². The molecule has 0 radical (unpaired) electrons. The highest BCUT2D eigenvalue weighted by atomic mass is 32.1. The lowest BCUT2D eigenvalue weighted by molar-refractivity contribution is -0.134. The molecule has 6 atom stereocenters. The number of carbonyl (C=O) groups excluding carboxylic acids is 1. The van der Waals surface area contributed by atoms with Crippen LogP contribution in [0.5, 0.6) is 0 Å². The van der Waals surface area contributed by atoms with Crippen LogP contribution in [0.2, 0.25) is 0 Å². The van der Waals surface area contributed by atoms with Gasteiger partial charge in [-0.3, -0.25) is 9.69 Å². The minimum absolute atomic E-state index is 0.0635. The number of likely N-dealkylation sites (tertiary alicyclic amines) is 1. The number of ether oxygens (including phenoxy) is 1. The number of aromatic nitrogens is 1. The molecule has 1 amide bonds. The summed E-state index contributed by atoms with van der Waals surface area (Å²) in [5.74, 6) is 0.915. The van der Waals surface area contributed by atoms with Crippen LogP contribution in [0.3, 0.4) is 0 Å². The van der Waals surface area contributed by atoms with Gasteiger partial charge >= 0.3 is 0 Å². The van der Waals surface area contributed by atoms with Gasteiger partial charge < -0.3 is 10.1 Å². The van der Waals surface area contributed by atoms with Gasteiger partial charge in [-0.25, -0.2) is 4.98 Å². The molecule has 0 unspecified atom stereocenters. The average Bonchev–Trinajstić information content (AvgIpc) is 3.18. The van der Waals surface area contributed by atoms with E-state index in [4.69, 9.17) is 9.72 Å². The van der Waals surface area contributed by atoms with Crippen molar-refractivity contribution in [2.75, 3.05) is 6.61 Å². The summed E-state index contributed by atoms with van der Waals surface area (Å²) in [6.45, 7) is 12.2. The van der Waals surface area contributed by atoms with Crippen LogP contribution in [0.15, 0.2) is 5.38 Å². The van der Waals surface area contributed by atoms with Crippen molar-refractivity contribution in [3.8, 4) is 0 Å². The highest BCUT2D eigenvalue weighted by Gasteiger charge is 2.45. The summed E-state index contributed by atoms with van der Waals surface area (Å²) in [5.41, 5.74) is 1.15. The molecule has 0 aromatic carbocycles. The lowest BCUT2D eigenvalue weighted by Gasteiger charge is -2.50. The molecule has 1 aromatic heterocycles. The first kappa shape index (κ1) is 22.7. The molecule has 2 aliphatic rings. The van der Waals surface area contributed by atoms with Crippen LogP contribution in [0.25, 0.3) is 0 Å². The third kappa shape index (κ3) is 5.39. The summed E-state index contributed by atoms with van der Waals surface area (Å²) in [7, 11) is 0. The van der Waals surface area contributed by atoms with Gasteiger partial charge in [-0.05, 0) is 59.3 Å². The molecule has 1 aliphatic heterocycles. The first-order valence-corrected chi connectivity index (χ1v) is 12.4. The molecular weight excluding hydrogens is 382 g/mol. The van der Waals surface area contributed by atoms with Gasteiger partial charge in [-0.15, -0.1) is 11.3 Å².